The van der Waals surface area contributed by atoms with E-state index in [1.54, 1.807) is 0 Å². The maximum atomic E-state index is 5.57. The number of aliphatic imine (C=N–C) groups is 1. The van der Waals surface area contributed by atoms with Gasteiger partial charge in [-0.15, -0.1) is 24.0 Å². The largest absolute Gasteiger partial charge is 0.444 e. The summed E-state index contributed by atoms with van der Waals surface area (Å²) < 4.78 is 5.57. The molecule has 6 heteroatoms. The van der Waals surface area contributed by atoms with Gasteiger partial charge in [-0.25, -0.2) is 9.98 Å². The molecule has 0 atom stereocenters. The molecule has 23 heavy (non-hydrogen) atoms. The van der Waals surface area contributed by atoms with Crippen molar-refractivity contribution in [2.24, 2.45) is 16.3 Å². The summed E-state index contributed by atoms with van der Waals surface area (Å²) in [6, 6.07) is 0. The number of nitrogens with one attached hydrogen (secondary N) is 2. The second-order valence-electron chi connectivity index (χ2n) is 7.06. The molecule has 0 fully saturated rings. The molecule has 0 aliphatic carbocycles. The molecule has 134 valence electrons. The molecule has 0 saturated heterocycles. The SMILES string of the molecule is CCNC(=NCc1nc(C)c(C)o1)NCC(C)(C)CC(C)C.I. The van der Waals surface area contributed by atoms with E-state index in [1.165, 1.54) is 6.42 Å². The smallest absolute Gasteiger partial charge is 0.216 e. The molecule has 1 heterocycles. The van der Waals surface area contributed by atoms with Crippen LogP contribution in [0.3, 0.4) is 0 Å². The summed E-state index contributed by atoms with van der Waals surface area (Å²) in [4.78, 5) is 8.92. The highest BCUT2D eigenvalue weighted by Crippen LogP contribution is 2.23. The van der Waals surface area contributed by atoms with E-state index in [0.29, 0.717) is 18.4 Å². The van der Waals surface area contributed by atoms with Gasteiger partial charge in [0, 0.05) is 13.1 Å². The standard InChI is InChI=1S/C17H32N4O.HI/c1-8-18-16(20-11-17(6,7)9-12(2)3)19-10-15-21-13(4)14(5)22-15;/h12H,8-11H2,1-7H3,(H2,18,19,20);1H. The second kappa shape index (κ2) is 10.2. The van der Waals surface area contributed by atoms with Crippen molar-refractivity contribution in [3.63, 3.8) is 0 Å². The first-order valence-corrected chi connectivity index (χ1v) is 8.18. The monoisotopic (exact) mass is 436 g/mol. The Kier molecular flexibility index (Phi) is 9.80. The second-order valence-corrected chi connectivity index (χ2v) is 7.06. The summed E-state index contributed by atoms with van der Waals surface area (Å²) in [7, 11) is 0. The summed E-state index contributed by atoms with van der Waals surface area (Å²) in [6.45, 7) is 17.2. The number of guanidine groups is 1. The number of hydrogen-bond donors (Lipinski definition) is 2. The molecule has 5 nitrogen and oxygen atoms in total. The summed E-state index contributed by atoms with van der Waals surface area (Å²) in [5.41, 5.74) is 1.17. The lowest BCUT2D eigenvalue weighted by atomic mass is 9.84. The lowest BCUT2D eigenvalue weighted by Gasteiger charge is -2.27. The molecule has 1 aromatic heterocycles. The first kappa shape index (κ1) is 22.2. The number of nitrogens with zero attached hydrogens (tertiary/aromatic N) is 2. The van der Waals surface area contributed by atoms with Crippen LogP contribution in [0.1, 0.15) is 58.4 Å². The van der Waals surface area contributed by atoms with Crippen LogP contribution in [0.4, 0.5) is 0 Å². The van der Waals surface area contributed by atoms with Gasteiger partial charge in [0.1, 0.15) is 12.3 Å². The normalized spacial score (nSPS) is 12.3. The summed E-state index contributed by atoms with van der Waals surface area (Å²) >= 11 is 0. The molecule has 0 amide bonds. The molecule has 1 rings (SSSR count). The van der Waals surface area contributed by atoms with Crippen molar-refractivity contribution in [3.05, 3.63) is 17.3 Å². The predicted molar refractivity (Wildman–Crippen MR) is 107 cm³/mol. The van der Waals surface area contributed by atoms with Gasteiger partial charge >= 0.3 is 0 Å². The molecule has 0 spiro atoms. The van der Waals surface area contributed by atoms with E-state index in [0.717, 1.165) is 30.5 Å². The fourth-order valence-corrected chi connectivity index (χ4v) is 2.60. The average Bonchev–Trinajstić information content (AvgIpc) is 2.71. The van der Waals surface area contributed by atoms with Crippen LogP contribution in [0.2, 0.25) is 0 Å². The summed E-state index contributed by atoms with van der Waals surface area (Å²) in [6.07, 6.45) is 1.18. The first-order chi connectivity index (χ1) is 10.2. The molecule has 0 radical (unpaired) electrons. The maximum Gasteiger partial charge on any atom is 0.216 e. The number of rotatable bonds is 7. The molecule has 0 bridgehead atoms. The molecule has 0 unspecified atom stereocenters. The Labute approximate surface area is 158 Å². The zero-order valence-electron chi connectivity index (χ0n) is 15.6. The van der Waals surface area contributed by atoms with Crippen molar-refractivity contribution >= 4 is 29.9 Å². The van der Waals surface area contributed by atoms with E-state index in [-0.39, 0.29) is 29.4 Å². The number of aryl methyl sites for hydroxylation is 2. The highest BCUT2D eigenvalue weighted by Gasteiger charge is 2.19. The van der Waals surface area contributed by atoms with E-state index in [4.69, 9.17) is 4.42 Å². The minimum absolute atomic E-state index is 0. The van der Waals surface area contributed by atoms with Crippen molar-refractivity contribution in [3.8, 4) is 0 Å². The van der Waals surface area contributed by atoms with Crippen LogP contribution in [0.5, 0.6) is 0 Å². The zero-order chi connectivity index (χ0) is 16.8. The minimum Gasteiger partial charge on any atom is -0.444 e. The van der Waals surface area contributed by atoms with Gasteiger partial charge in [-0.1, -0.05) is 27.7 Å². The van der Waals surface area contributed by atoms with Crippen LogP contribution in [0.15, 0.2) is 9.41 Å². The molecule has 0 aliphatic rings. The van der Waals surface area contributed by atoms with Crippen LogP contribution in [-0.2, 0) is 6.54 Å². The van der Waals surface area contributed by atoms with Gasteiger partial charge in [0.2, 0.25) is 5.89 Å². The van der Waals surface area contributed by atoms with Crippen molar-refractivity contribution in [2.75, 3.05) is 13.1 Å². The zero-order valence-corrected chi connectivity index (χ0v) is 17.9. The molecule has 0 aliphatic heterocycles. The third-order valence-electron chi connectivity index (χ3n) is 3.48. The fraction of sp³-hybridized carbons (Fsp3) is 0.765. The number of halogens is 1. The van der Waals surface area contributed by atoms with Crippen LogP contribution in [0.25, 0.3) is 0 Å². The molecule has 1 aromatic rings. The summed E-state index contributed by atoms with van der Waals surface area (Å²) in [5.74, 6) is 3.03. The average molecular weight is 436 g/mol. The fourth-order valence-electron chi connectivity index (χ4n) is 2.60. The van der Waals surface area contributed by atoms with Gasteiger partial charge in [0.05, 0.1) is 5.69 Å². The third kappa shape index (κ3) is 8.58. The van der Waals surface area contributed by atoms with Crippen LogP contribution >= 0.6 is 24.0 Å². The number of hydrogen-bond acceptors (Lipinski definition) is 3. The first-order valence-electron chi connectivity index (χ1n) is 8.18. The van der Waals surface area contributed by atoms with Crippen LogP contribution in [-0.4, -0.2) is 24.0 Å². The third-order valence-corrected chi connectivity index (χ3v) is 3.48. The van der Waals surface area contributed by atoms with E-state index < -0.39 is 0 Å². The van der Waals surface area contributed by atoms with Gasteiger partial charge in [-0.3, -0.25) is 0 Å². The Bertz CT molecular complexity index is 475. The quantitative estimate of drug-likeness (QED) is 0.385. The van der Waals surface area contributed by atoms with E-state index >= 15 is 0 Å². The predicted octanol–water partition coefficient (Wildman–Crippen LogP) is 4.04. The Hall–Kier alpha value is -0.790. The Morgan fingerprint density at radius 1 is 1.26 bits per heavy atom. The molecule has 2 N–H and O–H groups in total. The van der Waals surface area contributed by atoms with Crippen LogP contribution in [0, 0.1) is 25.2 Å². The molecular formula is C17H33IN4O. The number of aromatic nitrogens is 1. The summed E-state index contributed by atoms with van der Waals surface area (Å²) in [5, 5.41) is 6.70. The maximum absolute atomic E-state index is 5.57. The van der Waals surface area contributed by atoms with E-state index in [9.17, 15) is 0 Å². The van der Waals surface area contributed by atoms with E-state index in [2.05, 4.69) is 55.2 Å². The lowest BCUT2D eigenvalue weighted by molar-refractivity contribution is 0.286. The van der Waals surface area contributed by atoms with Crippen molar-refractivity contribution in [1.82, 2.24) is 15.6 Å². The van der Waals surface area contributed by atoms with Gasteiger partial charge in [-0.05, 0) is 38.5 Å². The molecular weight excluding hydrogens is 403 g/mol. The topological polar surface area (TPSA) is 62.5 Å². The highest BCUT2D eigenvalue weighted by atomic mass is 127. The van der Waals surface area contributed by atoms with Crippen LogP contribution < -0.4 is 10.6 Å². The molecule has 0 aromatic carbocycles. The van der Waals surface area contributed by atoms with Gasteiger partial charge < -0.3 is 15.1 Å². The lowest BCUT2D eigenvalue weighted by Crippen LogP contribution is -2.42. The van der Waals surface area contributed by atoms with Crippen molar-refractivity contribution in [1.29, 1.82) is 0 Å². The number of oxazole rings is 1. The Morgan fingerprint density at radius 3 is 2.39 bits per heavy atom. The van der Waals surface area contributed by atoms with Gasteiger partial charge in [0.25, 0.3) is 0 Å². The van der Waals surface area contributed by atoms with Gasteiger partial charge in [0.15, 0.2) is 5.96 Å². The Balaban J connectivity index is 0.00000484. The Morgan fingerprint density at radius 2 is 1.91 bits per heavy atom. The van der Waals surface area contributed by atoms with Gasteiger partial charge in [-0.2, -0.15) is 0 Å². The van der Waals surface area contributed by atoms with E-state index in [1.807, 2.05) is 13.8 Å². The highest BCUT2D eigenvalue weighted by molar-refractivity contribution is 14.0. The van der Waals surface area contributed by atoms with Crippen molar-refractivity contribution in [2.45, 2.75) is 61.4 Å². The minimum atomic E-state index is 0. The molecule has 0 saturated carbocycles. The van der Waals surface area contributed by atoms with Crippen molar-refractivity contribution < 1.29 is 4.42 Å².